The highest BCUT2D eigenvalue weighted by molar-refractivity contribution is 5.91. The standard InChI is InChI=1S/C26H30N4O6/c1-4-15(2)21(23(32)27-16(3)25(34)35)29-22(31)20(14-17-10-6-5-7-11-17)30-24(33)18-12-8-9-13-19(18)28-26(30)36/h5-13,15-16,20-21H,4,14H2,1-3H3,(H,27,32)(H,28,36)(H,29,31)(H,34,35)/t15-,16-,20+,21+/m1/s1. The number of carboxylic acids is 1. The fraction of sp³-hybridized carbons (Fsp3) is 0.346. The van der Waals surface area contributed by atoms with Crippen LogP contribution < -0.4 is 21.9 Å². The average Bonchev–Trinajstić information content (AvgIpc) is 2.86. The molecular weight excluding hydrogens is 464 g/mol. The van der Waals surface area contributed by atoms with E-state index in [0.717, 1.165) is 4.57 Å². The van der Waals surface area contributed by atoms with Crippen LogP contribution in [0.25, 0.3) is 10.9 Å². The molecule has 0 unspecified atom stereocenters. The zero-order chi connectivity index (χ0) is 26.4. The molecule has 0 aliphatic heterocycles. The number of carboxylic acid groups (broad SMARTS) is 1. The van der Waals surface area contributed by atoms with Crippen molar-refractivity contribution in [2.75, 3.05) is 0 Å². The Labute approximate surface area is 207 Å². The number of aromatic amines is 1. The molecule has 4 N–H and O–H groups in total. The van der Waals surface area contributed by atoms with E-state index in [-0.39, 0.29) is 17.7 Å². The summed E-state index contributed by atoms with van der Waals surface area (Å²) in [5.41, 5.74) is -0.323. The normalized spacial score (nSPS) is 14.4. The number of carbonyl (C=O) groups is 3. The van der Waals surface area contributed by atoms with Crippen molar-refractivity contribution in [3.05, 3.63) is 81.0 Å². The molecule has 0 aliphatic rings. The summed E-state index contributed by atoms with van der Waals surface area (Å²) in [6, 6.07) is 11.9. The molecule has 0 fully saturated rings. The van der Waals surface area contributed by atoms with Crippen LogP contribution in [-0.4, -0.2) is 44.5 Å². The van der Waals surface area contributed by atoms with Crippen LogP contribution in [0.15, 0.2) is 64.2 Å². The van der Waals surface area contributed by atoms with Crippen LogP contribution in [0.2, 0.25) is 0 Å². The number of para-hydroxylation sites is 1. The monoisotopic (exact) mass is 494 g/mol. The van der Waals surface area contributed by atoms with Gasteiger partial charge in [-0.2, -0.15) is 0 Å². The number of carbonyl (C=O) groups excluding carboxylic acids is 2. The Hall–Kier alpha value is -4.21. The van der Waals surface area contributed by atoms with Crippen molar-refractivity contribution in [3.63, 3.8) is 0 Å². The van der Waals surface area contributed by atoms with Crippen LogP contribution in [0.4, 0.5) is 0 Å². The van der Waals surface area contributed by atoms with Crippen molar-refractivity contribution in [3.8, 4) is 0 Å². The molecule has 1 heterocycles. The van der Waals surface area contributed by atoms with Gasteiger partial charge in [-0.15, -0.1) is 0 Å². The molecular formula is C26H30N4O6. The lowest BCUT2D eigenvalue weighted by atomic mass is 9.96. The zero-order valence-electron chi connectivity index (χ0n) is 20.4. The van der Waals surface area contributed by atoms with Gasteiger partial charge in [-0.05, 0) is 30.5 Å². The number of nitrogens with zero attached hydrogens (tertiary/aromatic N) is 1. The van der Waals surface area contributed by atoms with Crippen LogP contribution in [0.1, 0.15) is 38.8 Å². The fourth-order valence-electron chi connectivity index (χ4n) is 3.91. The van der Waals surface area contributed by atoms with Crippen LogP contribution in [0, 0.1) is 5.92 Å². The Kier molecular flexibility index (Phi) is 8.42. The van der Waals surface area contributed by atoms with E-state index in [4.69, 9.17) is 5.11 Å². The predicted octanol–water partition coefficient (Wildman–Crippen LogP) is 1.59. The number of nitrogens with one attached hydrogen (secondary N) is 3. The van der Waals surface area contributed by atoms with Gasteiger partial charge in [-0.1, -0.05) is 62.7 Å². The van der Waals surface area contributed by atoms with Crippen molar-refractivity contribution in [2.45, 2.75) is 51.7 Å². The van der Waals surface area contributed by atoms with Gasteiger partial charge in [0.05, 0.1) is 10.9 Å². The van der Waals surface area contributed by atoms with Gasteiger partial charge < -0.3 is 20.7 Å². The van der Waals surface area contributed by atoms with Crippen molar-refractivity contribution in [2.24, 2.45) is 5.92 Å². The lowest BCUT2D eigenvalue weighted by Gasteiger charge is -2.27. The molecule has 36 heavy (non-hydrogen) atoms. The first-order valence-corrected chi connectivity index (χ1v) is 11.7. The number of hydrogen-bond acceptors (Lipinski definition) is 5. The minimum atomic E-state index is -1.26. The second-order valence-electron chi connectivity index (χ2n) is 8.80. The predicted molar refractivity (Wildman–Crippen MR) is 135 cm³/mol. The molecule has 0 saturated heterocycles. The lowest BCUT2D eigenvalue weighted by molar-refractivity contribution is -0.142. The molecule has 10 nitrogen and oxygen atoms in total. The van der Waals surface area contributed by atoms with Crippen LogP contribution in [0.3, 0.4) is 0 Å². The Bertz CT molecular complexity index is 1360. The summed E-state index contributed by atoms with van der Waals surface area (Å²) in [6.07, 6.45) is 0.536. The highest BCUT2D eigenvalue weighted by Gasteiger charge is 2.32. The average molecular weight is 495 g/mol. The molecule has 0 saturated carbocycles. The largest absolute Gasteiger partial charge is 0.480 e. The molecule has 0 radical (unpaired) electrons. The minimum absolute atomic E-state index is 0.0222. The molecule has 10 heteroatoms. The molecule has 0 aliphatic carbocycles. The molecule has 1 aromatic heterocycles. The van der Waals surface area contributed by atoms with E-state index in [2.05, 4.69) is 15.6 Å². The van der Waals surface area contributed by atoms with E-state index in [1.54, 1.807) is 61.5 Å². The van der Waals surface area contributed by atoms with Gasteiger partial charge in [0.25, 0.3) is 5.56 Å². The Morgan fingerprint density at radius 3 is 2.22 bits per heavy atom. The van der Waals surface area contributed by atoms with Gasteiger partial charge in [0, 0.05) is 6.42 Å². The third-order valence-corrected chi connectivity index (χ3v) is 6.25. The molecule has 3 rings (SSSR count). The highest BCUT2D eigenvalue weighted by Crippen LogP contribution is 2.16. The summed E-state index contributed by atoms with van der Waals surface area (Å²) in [4.78, 5) is 66.7. The summed E-state index contributed by atoms with van der Waals surface area (Å²) in [5, 5.41) is 14.5. The number of fused-ring (bicyclic) bond motifs is 1. The van der Waals surface area contributed by atoms with E-state index < -0.39 is 47.2 Å². The van der Waals surface area contributed by atoms with Gasteiger partial charge in [-0.3, -0.25) is 19.2 Å². The number of aliphatic carboxylic acids is 1. The summed E-state index contributed by atoms with van der Waals surface area (Å²) in [5.74, 6) is -2.93. The van der Waals surface area contributed by atoms with Gasteiger partial charge in [0.15, 0.2) is 0 Å². The number of hydrogen-bond donors (Lipinski definition) is 4. The molecule has 3 aromatic rings. The van der Waals surface area contributed by atoms with Crippen LogP contribution >= 0.6 is 0 Å². The Balaban J connectivity index is 2.05. The van der Waals surface area contributed by atoms with Crippen LogP contribution in [0.5, 0.6) is 0 Å². The maximum atomic E-state index is 13.6. The van der Waals surface area contributed by atoms with E-state index in [9.17, 15) is 24.0 Å². The second kappa shape index (κ2) is 11.5. The minimum Gasteiger partial charge on any atom is -0.480 e. The highest BCUT2D eigenvalue weighted by atomic mass is 16.4. The Morgan fingerprint density at radius 1 is 0.944 bits per heavy atom. The number of benzene rings is 2. The van der Waals surface area contributed by atoms with E-state index >= 15 is 0 Å². The van der Waals surface area contributed by atoms with Gasteiger partial charge in [0.1, 0.15) is 18.1 Å². The van der Waals surface area contributed by atoms with E-state index in [0.29, 0.717) is 17.5 Å². The SMILES string of the molecule is CC[C@@H](C)[C@H](NC(=O)[C@H](Cc1ccccc1)n1c(=O)[nH]c2ccccc2c1=O)C(=O)N[C@H](C)C(=O)O. The van der Waals surface area contributed by atoms with Gasteiger partial charge in [-0.25, -0.2) is 9.36 Å². The summed E-state index contributed by atoms with van der Waals surface area (Å²) in [6.45, 7) is 4.90. The smallest absolute Gasteiger partial charge is 0.329 e. The first-order valence-electron chi connectivity index (χ1n) is 11.7. The molecule has 0 bridgehead atoms. The van der Waals surface area contributed by atoms with Crippen molar-refractivity contribution in [1.29, 1.82) is 0 Å². The molecule has 0 spiro atoms. The number of rotatable bonds is 10. The second-order valence-corrected chi connectivity index (χ2v) is 8.80. The summed E-state index contributed by atoms with van der Waals surface area (Å²) < 4.78 is 0.871. The third-order valence-electron chi connectivity index (χ3n) is 6.25. The Morgan fingerprint density at radius 2 is 1.58 bits per heavy atom. The third kappa shape index (κ3) is 5.88. The van der Waals surface area contributed by atoms with Crippen molar-refractivity contribution < 1.29 is 19.5 Å². The quantitative estimate of drug-likeness (QED) is 0.336. The molecule has 4 atom stereocenters. The van der Waals surface area contributed by atoms with Crippen LogP contribution in [-0.2, 0) is 20.8 Å². The summed E-state index contributed by atoms with van der Waals surface area (Å²) in [7, 11) is 0. The first kappa shape index (κ1) is 26.4. The van der Waals surface area contributed by atoms with Gasteiger partial charge in [0.2, 0.25) is 11.8 Å². The van der Waals surface area contributed by atoms with E-state index in [1.165, 1.54) is 6.92 Å². The molecule has 2 amide bonds. The lowest BCUT2D eigenvalue weighted by Crippen LogP contribution is -2.56. The zero-order valence-corrected chi connectivity index (χ0v) is 20.4. The molecule has 2 aromatic carbocycles. The maximum Gasteiger partial charge on any atom is 0.329 e. The van der Waals surface area contributed by atoms with Crippen molar-refractivity contribution >= 4 is 28.7 Å². The maximum absolute atomic E-state index is 13.6. The van der Waals surface area contributed by atoms with Gasteiger partial charge >= 0.3 is 11.7 Å². The fourth-order valence-corrected chi connectivity index (χ4v) is 3.91. The molecule has 190 valence electrons. The van der Waals surface area contributed by atoms with E-state index in [1.807, 2.05) is 6.92 Å². The first-order chi connectivity index (χ1) is 17.1. The number of aromatic nitrogens is 2. The number of amides is 2. The van der Waals surface area contributed by atoms with Crippen molar-refractivity contribution in [1.82, 2.24) is 20.2 Å². The summed E-state index contributed by atoms with van der Waals surface area (Å²) >= 11 is 0. The topological polar surface area (TPSA) is 150 Å². The number of H-pyrrole nitrogens is 1.